The van der Waals surface area contributed by atoms with Crippen LogP contribution in [0.1, 0.15) is 47.2 Å². The highest BCUT2D eigenvalue weighted by Crippen LogP contribution is 2.30. The number of hydrogen-bond donors (Lipinski definition) is 0. The van der Waals surface area contributed by atoms with Crippen molar-refractivity contribution in [3.05, 3.63) is 101 Å². The van der Waals surface area contributed by atoms with E-state index in [2.05, 4.69) is 46.9 Å². The molecule has 6 nitrogen and oxygen atoms in total. The first-order valence-corrected chi connectivity index (χ1v) is 12.4. The van der Waals surface area contributed by atoms with E-state index < -0.39 is 0 Å². The monoisotopic (exact) mass is 483 g/mol. The fourth-order valence-electron chi connectivity index (χ4n) is 4.72. The van der Waals surface area contributed by atoms with Gasteiger partial charge in [0.25, 0.3) is 0 Å². The number of ether oxygens (including phenoxy) is 1. The number of fused-ring (bicyclic) bond motifs is 1. The molecule has 6 heteroatoms. The van der Waals surface area contributed by atoms with Crippen molar-refractivity contribution in [2.75, 3.05) is 26.7 Å². The Hall–Kier alpha value is -3.77. The van der Waals surface area contributed by atoms with Crippen LogP contribution in [0.4, 0.5) is 0 Å². The summed E-state index contributed by atoms with van der Waals surface area (Å²) in [6, 6.07) is 11.9. The van der Waals surface area contributed by atoms with Crippen molar-refractivity contribution in [2.45, 2.75) is 32.2 Å². The summed E-state index contributed by atoms with van der Waals surface area (Å²) in [5, 5.41) is 1.16. The summed E-state index contributed by atoms with van der Waals surface area (Å²) < 4.78 is 6.92. The van der Waals surface area contributed by atoms with Crippen LogP contribution in [-0.2, 0) is 16.1 Å². The molecule has 3 heterocycles. The van der Waals surface area contributed by atoms with Crippen LogP contribution < -0.4 is 0 Å². The van der Waals surface area contributed by atoms with Crippen molar-refractivity contribution in [1.29, 1.82) is 0 Å². The molecular formula is C30H33N3O3. The molecule has 1 aliphatic rings. The highest BCUT2D eigenvalue weighted by molar-refractivity contribution is 5.89. The molecule has 1 aromatic carbocycles. The molecule has 1 saturated heterocycles. The number of carbonyl (C=O) groups excluding carboxylic acids is 2. The van der Waals surface area contributed by atoms with Gasteiger partial charge in [0.15, 0.2) is 0 Å². The number of piperidine rings is 1. The molecule has 0 aliphatic carbocycles. The smallest absolute Gasteiger partial charge is 0.337 e. The van der Waals surface area contributed by atoms with Crippen molar-refractivity contribution in [2.24, 2.45) is 0 Å². The third-order valence-corrected chi connectivity index (χ3v) is 6.80. The molecule has 1 aliphatic heterocycles. The Morgan fingerprint density at radius 2 is 1.89 bits per heavy atom. The van der Waals surface area contributed by atoms with Crippen LogP contribution in [0.5, 0.6) is 0 Å². The molecule has 0 bridgehead atoms. The molecule has 0 amide bonds. The lowest BCUT2D eigenvalue weighted by Crippen LogP contribution is -2.34. The summed E-state index contributed by atoms with van der Waals surface area (Å²) in [5.74, 6) is 0.197. The third kappa shape index (κ3) is 6.26. The van der Waals surface area contributed by atoms with Crippen molar-refractivity contribution in [1.82, 2.24) is 14.5 Å². The maximum atomic E-state index is 11.7. The Bertz CT molecular complexity index is 1280. The van der Waals surface area contributed by atoms with Gasteiger partial charge in [-0.25, -0.2) is 9.78 Å². The second-order valence-corrected chi connectivity index (χ2v) is 9.11. The number of carbonyl (C=O) groups is 2. The minimum absolute atomic E-state index is 0.324. The van der Waals surface area contributed by atoms with E-state index in [1.54, 1.807) is 18.2 Å². The summed E-state index contributed by atoms with van der Waals surface area (Å²) in [7, 11) is 1.39. The Morgan fingerprint density at radius 3 is 2.58 bits per heavy atom. The van der Waals surface area contributed by atoms with Crippen LogP contribution >= 0.6 is 0 Å². The van der Waals surface area contributed by atoms with Gasteiger partial charge in [0.2, 0.25) is 0 Å². The molecule has 186 valence electrons. The Balaban J connectivity index is 1.36. The summed E-state index contributed by atoms with van der Waals surface area (Å²) >= 11 is 0. The molecular weight excluding hydrogens is 450 g/mol. The van der Waals surface area contributed by atoms with Gasteiger partial charge in [-0.05, 0) is 85.8 Å². The lowest BCUT2D eigenvalue weighted by molar-refractivity contribution is -0.104. The number of esters is 1. The zero-order valence-corrected chi connectivity index (χ0v) is 21.0. The van der Waals surface area contributed by atoms with Gasteiger partial charge in [0, 0.05) is 30.9 Å². The van der Waals surface area contributed by atoms with E-state index >= 15 is 0 Å². The maximum absolute atomic E-state index is 11.7. The predicted molar refractivity (Wildman–Crippen MR) is 143 cm³/mol. The number of nitrogens with zero attached hydrogens (tertiary/aromatic N) is 3. The minimum Gasteiger partial charge on any atom is -0.465 e. The van der Waals surface area contributed by atoms with Crippen LogP contribution in [0.2, 0.25) is 0 Å². The second kappa shape index (κ2) is 12.3. The first-order chi connectivity index (χ1) is 17.6. The van der Waals surface area contributed by atoms with Gasteiger partial charge in [-0.2, -0.15) is 0 Å². The van der Waals surface area contributed by atoms with E-state index in [1.165, 1.54) is 24.3 Å². The second-order valence-electron chi connectivity index (χ2n) is 9.11. The Kier molecular flexibility index (Phi) is 8.63. The summed E-state index contributed by atoms with van der Waals surface area (Å²) in [5.41, 5.74) is 5.20. The van der Waals surface area contributed by atoms with E-state index in [9.17, 15) is 9.59 Å². The molecule has 0 radical (unpaired) electrons. The quantitative estimate of drug-likeness (QED) is 0.179. The number of aromatic nitrogens is 2. The van der Waals surface area contributed by atoms with E-state index in [-0.39, 0.29) is 5.97 Å². The lowest BCUT2D eigenvalue weighted by Gasteiger charge is -2.32. The number of likely N-dealkylation sites (tertiary alicyclic amines) is 1. The minimum atomic E-state index is -0.324. The lowest BCUT2D eigenvalue weighted by atomic mass is 9.90. The molecule has 4 rings (SSSR count). The standard InChI is InChI=1S/C30H33N3O3/c1-3-23(7-5-4-6-18-34)21-32-15-12-25(13-16-32)28-19-27-14-17-33(29(27)31-20-28)22-24-8-10-26(11-9-24)30(35)36-2/h3-11,14,17-20,25H,12-13,15-16,21-22H2,1-2H3/b6-4?,7-5-,23-3+. The zero-order valence-electron chi connectivity index (χ0n) is 21.0. The van der Waals surface area contributed by atoms with Gasteiger partial charge in [-0.15, -0.1) is 0 Å². The Labute approximate surface area is 212 Å². The number of rotatable bonds is 9. The zero-order chi connectivity index (χ0) is 25.3. The normalized spacial score (nSPS) is 15.8. The van der Waals surface area contributed by atoms with Gasteiger partial charge in [0.05, 0.1) is 12.7 Å². The van der Waals surface area contributed by atoms with Crippen LogP contribution in [0, 0.1) is 0 Å². The van der Waals surface area contributed by atoms with E-state index in [0.29, 0.717) is 18.0 Å². The first-order valence-electron chi connectivity index (χ1n) is 12.4. The molecule has 0 spiro atoms. The molecule has 2 aromatic heterocycles. The SMILES string of the molecule is C/C=C(\C=C/C=CC=O)CN1CCC(c2cnc3c(ccn3Cc3ccc(C(=O)OC)cc3)c2)CC1. The van der Waals surface area contributed by atoms with Crippen LogP contribution in [0.25, 0.3) is 11.0 Å². The average molecular weight is 484 g/mol. The number of benzene rings is 1. The fourth-order valence-corrected chi connectivity index (χ4v) is 4.72. The van der Waals surface area contributed by atoms with Gasteiger partial charge >= 0.3 is 5.97 Å². The molecule has 0 unspecified atom stereocenters. The van der Waals surface area contributed by atoms with Crippen LogP contribution in [0.3, 0.4) is 0 Å². The van der Waals surface area contributed by atoms with Crippen molar-refractivity contribution in [3.8, 4) is 0 Å². The summed E-state index contributed by atoms with van der Waals surface area (Å²) in [4.78, 5) is 29.4. The Morgan fingerprint density at radius 1 is 1.11 bits per heavy atom. The molecule has 0 saturated carbocycles. The van der Waals surface area contributed by atoms with Crippen LogP contribution in [-0.4, -0.2) is 53.5 Å². The topological polar surface area (TPSA) is 64.4 Å². The first kappa shape index (κ1) is 25.3. The van der Waals surface area contributed by atoms with Crippen molar-refractivity contribution >= 4 is 23.3 Å². The molecule has 1 fully saturated rings. The van der Waals surface area contributed by atoms with Gasteiger partial charge in [-0.3, -0.25) is 9.69 Å². The van der Waals surface area contributed by atoms with Crippen LogP contribution in [0.15, 0.2) is 84.7 Å². The predicted octanol–water partition coefficient (Wildman–Crippen LogP) is 5.31. The number of hydrogen-bond acceptors (Lipinski definition) is 5. The number of aldehydes is 1. The van der Waals surface area contributed by atoms with E-state index in [0.717, 1.165) is 55.4 Å². The molecule has 0 N–H and O–H groups in total. The maximum Gasteiger partial charge on any atom is 0.337 e. The number of allylic oxidation sites excluding steroid dienone is 4. The van der Waals surface area contributed by atoms with Gasteiger partial charge < -0.3 is 9.30 Å². The highest BCUT2D eigenvalue weighted by atomic mass is 16.5. The third-order valence-electron chi connectivity index (χ3n) is 6.80. The van der Waals surface area contributed by atoms with Crippen molar-refractivity contribution < 1.29 is 14.3 Å². The summed E-state index contributed by atoms with van der Waals surface area (Å²) in [6.07, 6.45) is 16.5. The van der Waals surface area contributed by atoms with Gasteiger partial charge in [0.1, 0.15) is 11.9 Å². The van der Waals surface area contributed by atoms with E-state index in [4.69, 9.17) is 9.72 Å². The van der Waals surface area contributed by atoms with Crippen molar-refractivity contribution in [3.63, 3.8) is 0 Å². The molecule has 3 aromatic rings. The highest BCUT2D eigenvalue weighted by Gasteiger charge is 2.21. The average Bonchev–Trinajstić information content (AvgIpc) is 3.32. The molecule has 36 heavy (non-hydrogen) atoms. The number of methoxy groups -OCH3 is 1. The fraction of sp³-hybridized carbons (Fsp3) is 0.300. The summed E-state index contributed by atoms with van der Waals surface area (Å²) in [6.45, 7) is 5.79. The molecule has 0 atom stereocenters. The van der Waals surface area contributed by atoms with E-state index in [1.807, 2.05) is 24.4 Å². The van der Waals surface area contributed by atoms with Gasteiger partial charge in [-0.1, -0.05) is 36.4 Å². The number of pyridine rings is 1. The largest absolute Gasteiger partial charge is 0.465 e.